The number of carbonyl (C=O) groups excluding carboxylic acids is 1. The molecule has 0 bridgehead atoms. The maximum absolute atomic E-state index is 13.2. The third kappa shape index (κ3) is 5.79. The first-order valence-electron chi connectivity index (χ1n) is 13.1. The second kappa shape index (κ2) is 10.8. The molecule has 35 heavy (non-hydrogen) atoms. The molecule has 2 saturated heterocycles. The molecule has 2 aromatic carbocycles. The van der Waals surface area contributed by atoms with Gasteiger partial charge in [0.15, 0.2) is 0 Å². The maximum Gasteiger partial charge on any atom is 0.243 e. The quantitative estimate of drug-likeness (QED) is 0.617. The maximum atomic E-state index is 13.2. The summed E-state index contributed by atoms with van der Waals surface area (Å²) in [5, 5.41) is 0. The molecule has 6 nitrogen and oxygen atoms in total. The highest BCUT2D eigenvalue weighted by Crippen LogP contribution is 2.26. The minimum Gasteiger partial charge on any atom is -0.342 e. The molecular formula is C28H37N3O3S. The van der Waals surface area contributed by atoms with Gasteiger partial charge in [-0.15, -0.1) is 0 Å². The Labute approximate surface area is 210 Å². The minimum atomic E-state index is -3.49. The molecule has 0 radical (unpaired) electrons. The molecule has 188 valence electrons. The third-order valence-electron chi connectivity index (χ3n) is 7.98. The highest BCUT2D eigenvalue weighted by Gasteiger charge is 2.31. The number of fused-ring (bicyclic) bond motifs is 1. The van der Waals surface area contributed by atoms with Crippen molar-refractivity contribution in [2.45, 2.75) is 49.8 Å². The number of likely N-dealkylation sites (tertiary alicyclic amines) is 1. The Morgan fingerprint density at radius 2 is 1.51 bits per heavy atom. The number of piperidine rings is 1. The Morgan fingerprint density at radius 3 is 2.23 bits per heavy atom. The summed E-state index contributed by atoms with van der Waals surface area (Å²) < 4.78 is 28.1. The molecule has 1 amide bonds. The van der Waals surface area contributed by atoms with E-state index >= 15 is 0 Å². The topological polar surface area (TPSA) is 60.9 Å². The Morgan fingerprint density at radius 1 is 0.829 bits per heavy atom. The molecule has 2 aliphatic heterocycles. The van der Waals surface area contributed by atoms with Gasteiger partial charge in [0, 0.05) is 39.3 Å². The average molecular weight is 496 g/mol. The van der Waals surface area contributed by atoms with Crippen molar-refractivity contribution in [3.05, 3.63) is 65.2 Å². The van der Waals surface area contributed by atoms with Gasteiger partial charge in [0.25, 0.3) is 0 Å². The number of aryl methyl sites for hydroxylation is 2. The van der Waals surface area contributed by atoms with E-state index in [2.05, 4.69) is 29.2 Å². The van der Waals surface area contributed by atoms with Crippen LogP contribution in [0.2, 0.25) is 0 Å². The first-order valence-corrected chi connectivity index (χ1v) is 14.6. The van der Waals surface area contributed by atoms with E-state index in [1.807, 2.05) is 23.1 Å². The third-order valence-corrected chi connectivity index (χ3v) is 9.88. The molecule has 0 unspecified atom stereocenters. The molecule has 0 aromatic heterocycles. The summed E-state index contributed by atoms with van der Waals surface area (Å²) in [4.78, 5) is 17.4. The van der Waals surface area contributed by atoms with Gasteiger partial charge in [-0.3, -0.25) is 9.69 Å². The summed E-state index contributed by atoms with van der Waals surface area (Å²) in [7, 11) is -3.49. The van der Waals surface area contributed by atoms with Crippen LogP contribution in [-0.2, 0) is 34.1 Å². The Kier molecular flexibility index (Phi) is 7.56. The number of rotatable bonds is 6. The van der Waals surface area contributed by atoms with E-state index in [1.165, 1.54) is 23.1 Å². The smallest absolute Gasteiger partial charge is 0.243 e. The van der Waals surface area contributed by atoms with Crippen molar-refractivity contribution in [3.63, 3.8) is 0 Å². The number of benzene rings is 2. The number of amides is 1. The predicted molar refractivity (Wildman–Crippen MR) is 138 cm³/mol. The molecular weight excluding hydrogens is 458 g/mol. The summed E-state index contributed by atoms with van der Waals surface area (Å²) in [6, 6.07) is 16.3. The standard InChI is InChI=1S/C28H37N3O3S/c32-28(30-14-12-24(13-15-30)20-23-6-2-1-3-7-23)22-29-16-18-31(19-17-29)35(33,34)27-11-10-25-8-4-5-9-26(25)21-27/h1-3,6-7,10-11,21,24H,4-5,8-9,12-20,22H2. The zero-order valence-corrected chi connectivity index (χ0v) is 21.4. The number of carbonyl (C=O) groups is 1. The second-order valence-electron chi connectivity index (χ2n) is 10.3. The van der Waals surface area contributed by atoms with Crippen LogP contribution in [0.25, 0.3) is 0 Å². The monoisotopic (exact) mass is 495 g/mol. The van der Waals surface area contributed by atoms with E-state index in [4.69, 9.17) is 0 Å². The summed E-state index contributed by atoms with van der Waals surface area (Å²) in [5.41, 5.74) is 3.86. The fourth-order valence-electron chi connectivity index (χ4n) is 5.77. The zero-order chi connectivity index (χ0) is 24.3. The van der Waals surface area contributed by atoms with Gasteiger partial charge in [0.1, 0.15) is 0 Å². The van der Waals surface area contributed by atoms with E-state index in [1.54, 1.807) is 10.4 Å². The lowest BCUT2D eigenvalue weighted by Gasteiger charge is -2.36. The molecule has 7 heteroatoms. The van der Waals surface area contributed by atoms with E-state index in [0.717, 1.165) is 51.6 Å². The zero-order valence-electron chi connectivity index (χ0n) is 20.6. The highest BCUT2D eigenvalue weighted by molar-refractivity contribution is 7.89. The number of hydrogen-bond donors (Lipinski definition) is 0. The first-order chi connectivity index (χ1) is 17.0. The van der Waals surface area contributed by atoms with Crippen molar-refractivity contribution >= 4 is 15.9 Å². The van der Waals surface area contributed by atoms with Crippen LogP contribution in [0, 0.1) is 5.92 Å². The Balaban J connectivity index is 1.09. The molecule has 0 N–H and O–H groups in total. The molecule has 1 aliphatic carbocycles. The van der Waals surface area contributed by atoms with Gasteiger partial charge in [0.05, 0.1) is 11.4 Å². The van der Waals surface area contributed by atoms with Crippen LogP contribution in [0.1, 0.15) is 42.4 Å². The fraction of sp³-hybridized carbons (Fsp3) is 0.536. The van der Waals surface area contributed by atoms with Crippen LogP contribution in [0.15, 0.2) is 53.4 Å². The van der Waals surface area contributed by atoms with Crippen molar-refractivity contribution in [2.75, 3.05) is 45.8 Å². The summed E-state index contributed by atoms with van der Waals surface area (Å²) in [6.07, 6.45) is 7.52. The first kappa shape index (κ1) is 24.5. The molecule has 2 aromatic rings. The molecule has 2 heterocycles. The van der Waals surface area contributed by atoms with Gasteiger partial charge in [0.2, 0.25) is 15.9 Å². The number of hydrogen-bond acceptors (Lipinski definition) is 4. The lowest BCUT2D eigenvalue weighted by atomic mass is 9.90. The minimum absolute atomic E-state index is 0.175. The SMILES string of the molecule is O=C(CN1CCN(S(=O)(=O)c2ccc3c(c2)CCCC3)CC1)N1CCC(Cc2ccccc2)CC1. The summed E-state index contributed by atoms with van der Waals surface area (Å²) in [6.45, 7) is 4.10. The average Bonchev–Trinajstić information content (AvgIpc) is 2.90. The van der Waals surface area contributed by atoms with Crippen molar-refractivity contribution < 1.29 is 13.2 Å². The predicted octanol–water partition coefficient (Wildman–Crippen LogP) is 3.35. The van der Waals surface area contributed by atoms with Crippen molar-refractivity contribution in [1.82, 2.24) is 14.1 Å². The van der Waals surface area contributed by atoms with Crippen LogP contribution in [-0.4, -0.2) is 74.2 Å². The van der Waals surface area contributed by atoms with Crippen molar-refractivity contribution in [3.8, 4) is 0 Å². The Bertz CT molecular complexity index is 1120. The molecule has 0 saturated carbocycles. The summed E-state index contributed by atoms with van der Waals surface area (Å²) in [5.74, 6) is 0.813. The van der Waals surface area contributed by atoms with Gasteiger partial charge in [-0.1, -0.05) is 36.4 Å². The lowest BCUT2D eigenvalue weighted by Crippen LogP contribution is -2.52. The highest BCUT2D eigenvalue weighted by atomic mass is 32.2. The summed E-state index contributed by atoms with van der Waals surface area (Å²) >= 11 is 0. The van der Waals surface area contributed by atoms with Crippen LogP contribution < -0.4 is 0 Å². The normalized spacial score (nSPS) is 20.5. The van der Waals surface area contributed by atoms with Gasteiger partial charge in [-0.05, 0) is 79.7 Å². The molecule has 3 aliphatic rings. The van der Waals surface area contributed by atoms with Gasteiger partial charge in [-0.25, -0.2) is 8.42 Å². The molecule has 0 spiro atoms. The molecule has 0 atom stereocenters. The van der Waals surface area contributed by atoms with Crippen LogP contribution in [0.4, 0.5) is 0 Å². The fourth-order valence-corrected chi connectivity index (χ4v) is 7.25. The van der Waals surface area contributed by atoms with E-state index in [0.29, 0.717) is 43.5 Å². The van der Waals surface area contributed by atoms with Crippen LogP contribution in [0.5, 0.6) is 0 Å². The van der Waals surface area contributed by atoms with Crippen molar-refractivity contribution in [2.24, 2.45) is 5.92 Å². The lowest BCUT2D eigenvalue weighted by molar-refractivity contribution is -0.134. The second-order valence-corrected chi connectivity index (χ2v) is 12.3. The molecule has 5 rings (SSSR count). The molecule has 2 fully saturated rings. The van der Waals surface area contributed by atoms with Crippen LogP contribution >= 0.6 is 0 Å². The number of piperazine rings is 1. The van der Waals surface area contributed by atoms with Crippen molar-refractivity contribution in [1.29, 1.82) is 0 Å². The van der Waals surface area contributed by atoms with E-state index < -0.39 is 10.0 Å². The number of nitrogens with zero attached hydrogens (tertiary/aromatic N) is 3. The van der Waals surface area contributed by atoms with Gasteiger partial charge < -0.3 is 4.90 Å². The van der Waals surface area contributed by atoms with Gasteiger partial charge in [-0.2, -0.15) is 4.31 Å². The van der Waals surface area contributed by atoms with Crippen LogP contribution in [0.3, 0.4) is 0 Å². The largest absolute Gasteiger partial charge is 0.342 e. The Hall–Kier alpha value is -2.22. The van der Waals surface area contributed by atoms with E-state index in [9.17, 15) is 13.2 Å². The van der Waals surface area contributed by atoms with E-state index in [-0.39, 0.29) is 5.91 Å². The number of sulfonamides is 1. The van der Waals surface area contributed by atoms with Gasteiger partial charge >= 0.3 is 0 Å².